The molecule has 0 bridgehead atoms. The highest BCUT2D eigenvalue weighted by Gasteiger charge is 2.29. The van der Waals surface area contributed by atoms with Crippen molar-refractivity contribution < 1.29 is 9.59 Å². The molecular weight excluding hydrogens is 312 g/mol. The van der Waals surface area contributed by atoms with Gasteiger partial charge in [-0.2, -0.15) is 0 Å². The molecule has 0 radical (unpaired) electrons. The van der Waals surface area contributed by atoms with Gasteiger partial charge in [-0.15, -0.1) is 0 Å². The molecule has 0 atom stereocenters. The van der Waals surface area contributed by atoms with Crippen molar-refractivity contribution in [3.8, 4) is 0 Å². The number of Topliss-reactive ketones (excluding diaryl/α,β-unsaturated/α-hetero) is 2. The molecular formula is C10H10Br2O2. The third-order valence-corrected chi connectivity index (χ3v) is 3.90. The number of hydrogen-bond donors (Lipinski definition) is 0. The van der Waals surface area contributed by atoms with Crippen LogP contribution in [0.5, 0.6) is 0 Å². The summed E-state index contributed by atoms with van der Waals surface area (Å²) in [6.07, 6.45) is 1.48. The molecule has 4 heteroatoms. The van der Waals surface area contributed by atoms with E-state index < -0.39 is 0 Å². The van der Waals surface area contributed by atoms with Crippen LogP contribution >= 0.6 is 31.9 Å². The Morgan fingerprint density at radius 1 is 1.07 bits per heavy atom. The molecule has 1 rings (SSSR count). The van der Waals surface area contributed by atoms with Gasteiger partial charge in [-0.25, -0.2) is 0 Å². The Kier molecular flexibility index (Phi) is 3.84. The molecule has 0 saturated heterocycles. The minimum Gasteiger partial charge on any atom is -0.288 e. The first-order valence-corrected chi connectivity index (χ1v) is 5.93. The van der Waals surface area contributed by atoms with Gasteiger partial charge >= 0.3 is 0 Å². The molecule has 0 aromatic carbocycles. The van der Waals surface area contributed by atoms with Crippen molar-refractivity contribution in [3.05, 3.63) is 20.1 Å². The zero-order chi connectivity index (χ0) is 10.9. The summed E-state index contributed by atoms with van der Waals surface area (Å²) in [6.45, 7) is 3.62. The Labute approximate surface area is 99.7 Å². The van der Waals surface area contributed by atoms with E-state index in [1.165, 1.54) is 0 Å². The van der Waals surface area contributed by atoms with E-state index in [0.717, 1.165) is 6.42 Å². The van der Waals surface area contributed by atoms with E-state index in [1.807, 2.05) is 6.92 Å². The van der Waals surface area contributed by atoms with Crippen LogP contribution in [-0.2, 0) is 9.59 Å². The Hall–Kier alpha value is -0.220. The van der Waals surface area contributed by atoms with Crippen LogP contribution < -0.4 is 0 Å². The van der Waals surface area contributed by atoms with Gasteiger partial charge in [-0.05, 0) is 45.2 Å². The van der Waals surface area contributed by atoms with Crippen molar-refractivity contribution in [1.29, 1.82) is 0 Å². The van der Waals surface area contributed by atoms with Crippen molar-refractivity contribution >= 4 is 43.4 Å². The average Bonchev–Trinajstić information content (AvgIpc) is 2.19. The van der Waals surface area contributed by atoms with E-state index in [4.69, 9.17) is 0 Å². The van der Waals surface area contributed by atoms with E-state index in [0.29, 0.717) is 26.5 Å². The van der Waals surface area contributed by atoms with E-state index in [9.17, 15) is 9.59 Å². The molecule has 14 heavy (non-hydrogen) atoms. The summed E-state index contributed by atoms with van der Waals surface area (Å²) in [4.78, 5) is 23.4. The minimum absolute atomic E-state index is 0.0733. The van der Waals surface area contributed by atoms with Crippen LogP contribution in [0.25, 0.3) is 0 Å². The van der Waals surface area contributed by atoms with Gasteiger partial charge in [-0.3, -0.25) is 9.59 Å². The molecule has 0 aliphatic heterocycles. The van der Waals surface area contributed by atoms with Crippen molar-refractivity contribution in [2.45, 2.75) is 26.7 Å². The Bertz CT molecular complexity index is 364. The van der Waals surface area contributed by atoms with Gasteiger partial charge < -0.3 is 0 Å². The first kappa shape index (κ1) is 11.9. The molecule has 0 spiro atoms. The topological polar surface area (TPSA) is 34.1 Å². The van der Waals surface area contributed by atoms with Crippen LogP contribution in [0.3, 0.4) is 0 Å². The zero-order valence-corrected chi connectivity index (χ0v) is 11.2. The first-order chi connectivity index (χ1) is 6.50. The molecule has 0 amide bonds. The number of rotatable bonds is 2. The SMILES string of the molecule is CCCC1=C(Br)C(=O)C(C)=C(Br)C1=O. The number of allylic oxidation sites excluding steroid dienone is 4. The van der Waals surface area contributed by atoms with E-state index in [1.54, 1.807) is 6.92 Å². The van der Waals surface area contributed by atoms with Gasteiger partial charge in [0, 0.05) is 11.1 Å². The number of hydrogen-bond acceptors (Lipinski definition) is 2. The second kappa shape index (κ2) is 4.53. The molecule has 1 aliphatic rings. The smallest absolute Gasteiger partial charge is 0.197 e. The van der Waals surface area contributed by atoms with E-state index in [2.05, 4.69) is 31.9 Å². The monoisotopic (exact) mass is 320 g/mol. The van der Waals surface area contributed by atoms with Gasteiger partial charge in [0.15, 0.2) is 11.6 Å². The lowest BCUT2D eigenvalue weighted by Gasteiger charge is -2.15. The van der Waals surface area contributed by atoms with Crippen LogP contribution in [0.2, 0.25) is 0 Å². The number of carbonyl (C=O) groups is 2. The van der Waals surface area contributed by atoms with Gasteiger partial charge in [0.05, 0.1) is 8.96 Å². The fraction of sp³-hybridized carbons (Fsp3) is 0.400. The Morgan fingerprint density at radius 3 is 2.14 bits per heavy atom. The maximum Gasteiger partial charge on any atom is 0.197 e. The number of halogens is 2. The van der Waals surface area contributed by atoms with Gasteiger partial charge in [0.1, 0.15) is 0 Å². The van der Waals surface area contributed by atoms with Crippen molar-refractivity contribution in [2.24, 2.45) is 0 Å². The minimum atomic E-state index is -0.0973. The van der Waals surface area contributed by atoms with Crippen LogP contribution in [0.4, 0.5) is 0 Å². The summed E-state index contributed by atoms with van der Waals surface area (Å²) in [5.41, 5.74) is 1.05. The summed E-state index contributed by atoms with van der Waals surface area (Å²) < 4.78 is 0.819. The summed E-state index contributed by atoms with van der Waals surface area (Å²) in [5.74, 6) is -0.171. The first-order valence-electron chi connectivity index (χ1n) is 4.35. The number of ketones is 2. The van der Waals surface area contributed by atoms with Gasteiger partial charge in [0.2, 0.25) is 0 Å². The maximum absolute atomic E-state index is 11.7. The van der Waals surface area contributed by atoms with Crippen LogP contribution in [0.15, 0.2) is 20.1 Å². The second-order valence-corrected chi connectivity index (χ2v) is 4.73. The number of carbonyl (C=O) groups excluding carboxylic acids is 2. The Balaban J connectivity index is 3.19. The molecule has 2 nitrogen and oxygen atoms in total. The van der Waals surface area contributed by atoms with Crippen LogP contribution in [0, 0.1) is 0 Å². The standard InChI is InChI=1S/C10H10Br2O2/c1-3-4-6-8(12)9(13)5(2)7(11)10(6)14/h3-4H2,1-2H3. The van der Waals surface area contributed by atoms with Crippen LogP contribution in [-0.4, -0.2) is 11.6 Å². The summed E-state index contributed by atoms with van der Waals surface area (Å²) in [5, 5.41) is 0. The summed E-state index contributed by atoms with van der Waals surface area (Å²) in [6, 6.07) is 0. The Morgan fingerprint density at radius 2 is 1.64 bits per heavy atom. The third-order valence-electron chi connectivity index (χ3n) is 2.11. The van der Waals surface area contributed by atoms with E-state index >= 15 is 0 Å². The lowest BCUT2D eigenvalue weighted by molar-refractivity contribution is -0.115. The average molecular weight is 322 g/mol. The largest absolute Gasteiger partial charge is 0.288 e. The predicted molar refractivity (Wildman–Crippen MR) is 62.5 cm³/mol. The molecule has 0 N–H and O–H groups in total. The molecule has 0 aromatic rings. The van der Waals surface area contributed by atoms with Crippen molar-refractivity contribution in [2.75, 3.05) is 0 Å². The van der Waals surface area contributed by atoms with E-state index in [-0.39, 0.29) is 11.6 Å². The maximum atomic E-state index is 11.7. The summed E-state index contributed by atoms with van der Waals surface area (Å²) >= 11 is 6.34. The molecule has 0 fully saturated rings. The molecule has 0 heterocycles. The molecule has 0 saturated carbocycles. The highest BCUT2D eigenvalue weighted by atomic mass is 79.9. The second-order valence-electron chi connectivity index (χ2n) is 3.14. The highest BCUT2D eigenvalue weighted by Crippen LogP contribution is 2.32. The fourth-order valence-corrected chi connectivity index (χ4v) is 2.37. The third kappa shape index (κ3) is 1.91. The fourth-order valence-electron chi connectivity index (χ4n) is 1.28. The van der Waals surface area contributed by atoms with Gasteiger partial charge in [0.25, 0.3) is 0 Å². The summed E-state index contributed by atoms with van der Waals surface area (Å²) in [7, 11) is 0. The van der Waals surface area contributed by atoms with Gasteiger partial charge in [-0.1, -0.05) is 13.3 Å². The van der Waals surface area contributed by atoms with Crippen molar-refractivity contribution in [1.82, 2.24) is 0 Å². The predicted octanol–water partition coefficient (Wildman–Crippen LogP) is 3.26. The van der Waals surface area contributed by atoms with Crippen LogP contribution in [0.1, 0.15) is 26.7 Å². The molecule has 0 aromatic heterocycles. The molecule has 76 valence electrons. The lowest BCUT2D eigenvalue weighted by atomic mass is 9.95. The highest BCUT2D eigenvalue weighted by molar-refractivity contribution is 9.12. The molecule has 1 aliphatic carbocycles. The molecule has 0 unspecified atom stereocenters. The van der Waals surface area contributed by atoms with Crippen molar-refractivity contribution in [3.63, 3.8) is 0 Å². The quantitative estimate of drug-likeness (QED) is 0.732. The normalized spacial score (nSPS) is 18.3. The lowest BCUT2D eigenvalue weighted by Crippen LogP contribution is -2.18. The zero-order valence-electron chi connectivity index (χ0n) is 7.99.